The molecular weight excluding hydrogens is 460 g/mol. The van der Waals surface area contributed by atoms with Crippen molar-refractivity contribution in [3.63, 3.8) is 0 Å². The van der Waals surface area contributed by atoms with Crippen LogP contribution in [0.4, 0.5) is 0 Å². The summed E-state index contributed by atoms with van der Waals surface area (Å²) in [5.41, 5.74) is 12.5. The molecular formula is C37H20O. The maximum atomic E-state index is 6.33. The van der Waals surface area contributed by atoms with Gasteiger partial charge in [-0.3, -0.25) is 0 Å². The summed E-state index contributed by atoms with van der Waals surface area (Å²) in [6.45, 7) is 0. The summed E-state index contributed by atoms with van der Waals surface area (Å²) < 4.78 is 6.33. The highest BCUT2D eigenvalue weighted by Crippen LogP contribution is 2.63. The van der Waals surface area contributed by atoms with E-state index in [0.717, 1.165) is 11.2 Å². The van der Waals surface area contributed by atoms with Crippen LogP contribution in [0.2, 0.25) is 0 Å². The van der Waals surface area contributed by atoms with Crippen LogP contribution in [0.3, 0.4) is 0 Å². The lowest BCUT2D eigenvalue weighted by Gasteiger charge is -2.30. The first-order valence-corrected chi connectivity index (χ1v) is 13.3. The molecule has 174 valence electrons. The van der Waals surface area contributed by atoms with Gasteiger partial charge in [-0.1, -0.05) is 97.1 Å². The van der Waals surface area contributed by atoms with Crippen LogP contribution in [-0.4, -0.2) is 0 Å². The molecule has 1 heteroatoms. The van der Waals surface area contributed by atoms with Gasteiger partial charge in [0.15, 0.2) is 0 Å². The third-order valence-electron chi connectivity index (χ3n) is 9.24. The van der Waals surface area contributed by atoms with Crippen molar-refractivity contribution in [1.29, 1.82) is 0 Å². The largest absolute Gasteiger partial charge is 0.456 e. The minimum Gasteiger partial charge on any atom is -0.456 e. The Balaban J connectivity index is 1.47. The van der Waals surface area contributed by atoms with E-state index in [2.05, 4.69) is 121 Å². The van der Waals surface area contributed by atoms with E-state index >= 15 is 0 Å². The smallest absolute Gasteiger partial charge is 0.136 e. The lowest BCUT2D eigenvalue weighted by Crippen LogP contribution is -2.25. The van der Waals surface area contributed by atoms with Crippen molar-refractivity contribution in [1.82, 2.24) is 0 Å². The van der Waals surface area contributed by atoms with Gasteiger partial charge in [0, 0.05) is 10.8 Å². The predicted octanol–water partition coefficient (Wildman–Crippen LogP) is 9.67. The summed E-state index contributed by atoms with van der Waals surface area (Å²) in [7, 11) is 0. The van der Waals surface area contributed by atoms with E-state index in [1.165, 1.54) is 76.8 Å². The zero-order valence-corrected chi connectivity index (χ0v) is 20.5. The Labute approximate surface area is 218 Å². The van der Waals surface area contributed by atoms with Gasteiger partial charge in [-0.2, -0.15) is 0 Å². The summed E-state index contributed by atoms with van der Waals surface area (Å²) >= 11 is 0. The second-order valence-electron chi connectivity index (χ2n) is 10.8. The molecule has 2 aliphatic carbocycles. The maximum absolute atomic E-state index is 6.33. The van der Waals surface area contributed by atoms with Crippen LogP contribution in [0.15, 0.2) is 126 Å². The number of hydrogen-bond donors (Lipinski definition) is 0. The van der Waals surface area contributed by atoms with E-state index in [4.69, 9.17) is 4.42 Å². The van der Waals surface area contributed by atoms with Gasteiger partial charge in [0.2, 0.25) is 0 Å². The standard InChI is InChI=1S/C37H20O/c1-4-14-29-21(9-1)22-10-2-5-15-30(22)37(29)31-16-6-3-11-23(31)28-19-26-24-12-7-17-33-35(24)36-25(27(26)20-32(28)37)13-8-18-34(36)38-33/h1-20H. The number of fused-ring (bicyclic) bond motifs is 13. The van der Waals surface area contributed by atoms with Gasteiger partial charge in [-0.05, 0) is 90.3 Å². The molecule has 2 aliphatic rings. The van der Waals surface area contributed by atoms with Crippen LogP contribution in [0.5, 0.6) is 0 Å². The first kappa shape index (κ1) is 19.3. The third-order valence-corrected chi connectivity index (χ3v) is 9.24. The van der Waals surface area contributed by atoms with Gasteiger partial charge >= 0.3 is 0 Å². The highest BCUT2D eigenvalue weighted by Gasteiger charge is 2.51. The molecule has 0 bridgehead atoms. The molecule has 0 saturated heterocycles. The SMILES string of the molecule is c1ccc2c(c1)-c1ccccc1C21c2ccccc2-c2cc3c(cc21)c1cccc2oc4cccc3c4c21. The molecule has 1 nitrogen and oxygen atoms in total. The molecule has 0 saturated carbocycles. The van der Waals surface area contributed by atoms with Crippen LogP contribution >= 0.6 is 0 Å². The summed E-state index contributed by atoms with van der Waals surface area (Å²) in [5, 5.41) is 7.60. The zero-order valence-electron chi connectivity index (χ0n) is 20.5. The molecule has 0 fully saturated rings. The molecule has 8 aromatic rings. The lowest BCUT2D eigenvalue weighted by atomic mass is 9.70. The Hall–Kier alpha value is -4.88. The van der Waals surface area contributed by atoms with Crippen molar-refractivity contribution in [3.05, 3.63) is 144 Å². The Morgan fingerprint density at radius 2 is 0.842 bits per heavy atom. The average Bonchev–Trinajstić information content (AvgIpc) is 3.60. The van der Waals surface area contributed by atoms with Crippen LogP contribution in [0.1, 0.15) is 22.3 Å². The van der Waals surface area contributed by atoms with E-state index in [1.54, 1.807) is 0 Å². The minimum atomic E-state index is -0.329. The molecule has 0 atom stereocenters. The van der Waals surface area contributed by atoms with Crippen molar-refractivity contribution in [2.75, 3.05) is 0 Å². The zero-order chi connectivity index (χ0) is 24.6. The van der Waals surface area contributed by atoms with Gasteiger partial charge in [0.05, 0.1) is 5.41 Å². The Morgan fingerprint density at radius 1 is 0.368 bits per heavy atom. The number of hydrogen-bond acceptors (Lipinski definition) is 1. The molecule has 0 radical (unpaired) electrons. The Kier molecular flexibility index (Phi) is 3.21. The minimum absolute atomic E-state index is 0.329. The number of furan rings is 1. The van der Waals surface area contributed by atoms with Crippen molar-refractivity contribution < 1.29 is 4.42 Å². The van der Waals surface area contributed by atoms with E-state index < -0.39 is 0 Å². The molecule has 10 rings (SSSR count). The fraction of sp³-hybridized carbons (Fsp3) is 0.0270. The molecule has 0 unspecified atom stereocenters. The monoisotopic (exact) mass is 480 g/mol. The van der Waals surface area contributed by atoms with Crippen LogP contribution in [-0.2, 0) is 5.41 Å². The Morgan fingerprint density at radius 3 is 1.39 bits per heavy atom. The second-order valence-corrected chi connectivity index (χ2v) is 10.8. The summed E-state index contributed by atoms with van der Waals surface area (Å²) in [4.78, 5) is 0. The second kappa shape index (κ2) is 6.33. The highest BCUT2D eigenvalue weighted by atomic mass is 16.3. The average molecular weight is 481 g/mol. The van der Waals surface area contributed by atoms with Crippen molar-refractivity contribution in [2.24, 2.45) is 0 Å². The first-order valence-electron chi connectivity index (χ1n) is 13.3. The van der Waals surface area contributed by atoms with Crippen molar-refractivity contribution in [2.45, 2.75) is 5.41 Å². The Bertz CT molecular complexity index is 2250. The van der Waals surface area contributed by atoms with Crippen molar-refractivity contribution >= 4 is 43.5 Å². The number of benzene rings is 7. The van der Waals surface area contributed by atoms with Gasteiger partial charge in [-0.25, -0.2) is 0 Å². The van der Waals surface area contributed by atoms with Crippen molar-refractivity contribution in [3.8, 4) is 22.3 Å². The van der Waals surface area contributed by atoms with E-state index in [0.29, 0.717) is 0 Å². The van der Waals surface area contributed by atoms with Gasteiger partial charge in [0.25, 0.3) is 0 Å². The summed E-state index contributed by atoms with van der Waals surface area (Å²) in [6, 6.07) is 45.0. The first-order chi connectivity index (χ1) is 18.9. The molecule has 0 N–H and O–H groups in total. The van der Waals surface area contributed by atoms with Gasteiger partial charge in [0.1, 0.15) is 11.2 Å². The van der Waals surface area contributed by atoms with Gasteiger partial charge < -0.3 is 4.42 Å². The molecule has 0 aliphatic heterocycles. The maximum Gasteiger partial charge on any atom is 0.136 e. The summed E-state index contributed by atoms with van der Waals surface area (Å²) in [6.07, 6.45) is 0. The fourth-order valence-electron chi connectivity index (χ4n) is 7.90. The van der Waals surface area contributed by atoms with E-state index in [9.17, 15) is 0 Å². The van der Waals surface area contributed by atoms with Crippen LogP contribution in [0.25, 0.3) is 65.7 Å². The number of rotatable bonds is 0. The normalized spacial score (nSPS) is 14.5. The molecule has 1 aromatic heterocycles. The predicted molar refractivity (Wildman–Crippen MR) is 156 cm³/mol. The van der Waals surface area contributed by atoms with E-state index in [1.807, 2.05) is 0 Å². The molecule has 0 amide bonds. The quantitative estimate of drug-likeness (QED) is 0.197. The topological polar surface area (TPSA) is 13.1 Å². The third kappa shape index (κ3) is 1.96. The summed E-state index contributed by atoms with van der Waals surface area (Å²) in [5.74, 6) is 0. The molecule has 38 heavy (non-hydrogen) atoms. The lowest BCUT2D eigenvalue weighted by molar-refractivity contribution is 0.669. The van der Waals surface area contributed by atoms with Gasteiger partial charge in [-0.15, -0.1) is 0 Å². The molecule has 1 heterocycles. The van der Waals surface area contributed by atoms with Crippen LogP contribution in [0, 0.1) is 0 Å². The molecule has 1 spiro atoms. The van der Waals surface area contributed by atoms with E-state index in [-0.39, 0.29) is 5.41 Å². The highest BCUT2D eigenvalue weighted by molar-refractivity contribution is 6.33. The molecule has 7 aromatic carbocycles. The van der Waals surface area contributed by atoms with Crippen LogP contribution < -0.4 is 0 Å². The fourth-order valence-corrected chi connectivity index (χ4v) is 7.90.